The van der Waals surface area contributed by atoms with E-state index in [0.717, 1.165) is 19.3 Å². The van der Waals surface area contributed by atoms with Crippen LogP contribution < -0.4 is 22.3 Å². The maximum Gasteiger partial charge on any atom is 0.330 e. The van der Waals surface area contributed by atoms with Crippen molar-refractivity contribution in [3.05, 3.63) is 20.8 Å². The van der Waals surface area contributed by atoms with E-state index in [1.807, 2.05) is 6.92 Å². The van der Waals surface area contributed by atoms with E-state index in [-0.39, 0.29) is 17.5 Å². The molecule has 1 atom stereocenters. The Hall–Kier alpha value is -1.76. The quantitative estimate of drug-likeness (QED) is 0.654. The number of hydrogen-bond acceptors (Lipinski definition) is 5. The number of anilines is 2. The first-order valence-corrected chi connectivity index (χ1v) is 6.93. The van der Waals surface area contributed by atoms with Gasteiger partial charge in [0.2, 0.25) is 0 Å². The standard InChI is InChI=1S/C13H24N4O3/c1-4-6-9(5-2)15-10-11(14)17(7-8-20-3)13(19)16-12(10)18/h9,15H,4-8,14H2,1-3H3,(H,16,18,19). The number of aromatic amines is 1. The number of rotatable bonds is 8. The molecule has 1 rings (SSSR count). The third-order valence-corrected chi connectivity index (χ3v) is 3.24. The van der Waals surface area contributed by atoms with Crippen molar-refractivity contribution in [1.82, 2.24) is 9.55 Å². The summed E-state index contributed by atoms with van der Waals surface area (Å²) < 4.78 is 6.25. The van der Waals surface area contributed by atoms with Crippen LogP contribution in [0.15, 0.2) is 9.59 Å². The molecule has 0 aliphatic carbocycles. The average molecular weight is 284 g/mol. The number of nitrogens with zero attached hydrogens (tertiary/aromatic N) is 1. The van der Waals surface area contributed by atoms with Crippen LogP contribution in [0.5, 0.6) is 0 Å². The molecule has 0 bridgehead atoms. The van der Waals surface area contributed by atoms with Crippen molar-refractivity contribution >= 4 is 11.5 Å². The van der Waals surface area contributed by atoms with Crippen LogP contribution in [-0.2, 0) is 11.3 Å². The highest BCUT2D eigenvalue weighted by Gasteiger charge is 2.15. The Morgan fingerprint density at radius 3 is 2.65 bits per heavy atom. The fourth-order valence-electron chi connectivity index (χ4n) is 2.06. The second-order valence-corrected chi connectivity index (χ2v) is 4.70. The highest BCUT2D eigenvalue weighted by molar-refractivity contribution is 5.60. The summed E-state index contributed by atoms with van der Waals surface area (Å²) >= 11 is 0. The van der Waals surface area contributed by atoms with E-state index in [9.17, 15) is 9.59 Å². The molecule has 0 saturated heterocycles. The zero-order valence-electron chi connectivity index (χ0n) is 12.4. The maximum absolute atomic E-state index is 11.9. The summed E-state index contributed by atoms with van der Waals surface area (Å²) in [6.07, 6.45) is 2.82. The molecule has 114 valence electrons. The number of hydrogen-bond donors (Lipinski definition) is 3. The second-order valence-electron chi connectivity index (χ2n) is 4.70. The molecule has 7 heteroatoms. The molecule has 0 fully saturated rings. The summed E-state index contributed by atoms with van der Waals surface area (Å²) in [6.45, 7) is 4.77. The minimum absolute atomic E-state index is 0.158. The molecule has 0 aromatic carbocycles. The molecule has 7 nitrogen and oxygen atoms in total. The van der Waals surface area contributed by atoms with Gasteiger partial charge in [-0.05, 0) is 12.8 Å². The van der Waals surface area contributed by atoms with Crippen molar-refractivity contribution < 1.29 is 4.74 Å². The molecule has 0 amide bonds. The van der Waals surface area contributed by atoms with Crippen LogP contribution in [0.4, 0.5) is 11.5 Å². The van der Waals surface area contributed by atoms with Gasteiger partial charge in [0.05, 0.1) is 13.2 Å². The van der Waals surface area contributed by atoms with Crippen LogP contribution in [-0.4, -0.2) is 29.3 Å². The molecule has 1 heterocycles. The number of nitrogens with two attached hydrogens (primary N) is 1. The van der Waals surface area contributed by atoms with Crippen molar-refractivity contribution in [3.8, 4) is 0 Å². The topological polar surface area (TPSA) is 102 Å². The Bertz CT molecular complexity index is 535. The van der Waals surface area contributed by atoms with Crippen LogP contribution in [0.2, 0.25) is 0 Å². The number of ether oxygens (including phenoxy) is 1. The van der Waals surface area contributed by atoms with Crippen LogP contribution >= 0.6 is 0 Å². The monoisotopic (exact) mass is 284 g/mol. The smallest absolute Gasteiger partial charge is 0.330 e. The number of nitrogen functional groups attached to an aromatic ring is 1. The molecule has 0 saturated carbocycles. The van der Waals surface area contributed by atoms with E-state index in [4.69, 9.17) is 10.5 Å². The van der Waals surface area contributed by atoms with Crippen molar-refractivity contribution in [1.29, 1.82) is 0 Å². The Morgan fingerprint density at radius 2 is 2.10 bits per heavy atom. The van der Waals surface area contributed by atoms with Gasteiger partial charge in [-0.15, -0.1) is 0 Å². The fourth-order valence-corrected chi connectivity index (χ4v) is 2.06. The van der Waals surface area contributed by atoms with Crippen molar-refractivity contribution in [2.75, 3.05) is 24.8 Å². The van der Waals surface area contributed by atoms with Gasteiger partial charge in [0.1, 0.15) is 11.5 Å². The molecule has 0 aliphatic rings. The van der Waals surface area contributed by atoms with E-state index in [2.05, 4.69) is 17.2 Å². The third kappa shape index (κ3) is 3.86. The Balaban J connectivity index is 3.12. The number of aromatic nitrogens is 2. The van der Waals surface area contributed by atoms with Crippen LogP contribution in [0.25, 0.3) is 0 Å². The van der Waals surface area contributed by atoms with Gasteiger partial charge in [0, 0.05) is 13.2 Å². The lowest BCUT2D eigenvalue weighted by atomic mass is 10.1. The van der Waals surface area contributed by atoms with Crippen molar-refractivity contribution in [3.63, 3.8) is 0 Å². The maximum atomic E-state index is 11.9. The van der Waals surface area contributed by atoms with Gasteiger partial charge in [-0.2, -0.15) is 0 Å². The van der Waals surface area contributed by atoms with Crippen molar-refractivity contribution in [2.24, 2.45) is 0 Å². The van der Waals surface area contributed by atoms with Crippen molar-refractivity contribution in [2.45, 2.75) is 45.7 Å². The predicted octanol–water partition coefficient (Wildman–Crippen LogP) is 0.756. The summed E-state index contributed by atoms with van der Waals surface area (Å²) in [5.74, 6) is 0.158. The van der Waals surface area contributed by atoms with Crippen LogP contribution in [0, 0.1) is 0 Å². The summed E-state index contributed by atoms with van der Waals surface area (Å²) in [4.78, 5) is 25.9. The van der Waals surface area contributed by atoms with Gasteiger partial charge >= 0.3 is 5.69 Å². The first-order valence-electron chi connectivity index (χ1n) is 6.93. The number of methoxy groups -OCH3 is 1. The van der Waals surface area contributed by atoms with Crippen LogP contribution in [0.3, 0.4) is 0 Å². The van der Waals surface area contributed by atoms with Gasteiger partial charge in [-0.1, -0.05) is 20.3 Å². The molecule has 1 aromatic rings. The molecular formula is C13H24N4O3. The SMILES string of the molecule is CCCC(CC)Nc1c(N)n(CCOC)c(=O)[nH]c1=O. The highest BCUT2D eigenvalue weighted by Crippen LogP contribution is 2.14. The third-order valence-electron chi connectivity index (χ3n) is 3.24. The molecular weight excluding hydrogens is 260 g/mol. The first-order chi connectivity index (χ1) is 9.54. The molecule has 0 spiro atoms. The molecule has 1 unspecified atom stereocenters. The minimum Gasteiger partial charge on any atom is -0.383 e. The van der Waals surface area contributed by atoms with E-state index in [1.165, 1.54) is 4.57 Å². The largest absolute Gasteiger partial charge is 0.383 e. The van der Waals surface area contributed by atoms with Crippen LogP contribution in [0.1, 0.15) is 33.1 Å². The van der Waals surface area contributed by atoms with E-state index >= 15 is 0 Å². The second kappa shape index (κ2) is 7.74. The summed E-state index contributed by atoms with van der Waals surface area (Å²) in [5.41, 5.74) is 5.22. The zero-order chi connectivity index (χ0) is 15.1. The average Bonchev–Trinajstić information content (AvgIpc) is 2.42. The molecule has 0 aliphatic heterocycles. The lowest BCUT2D eigenvalue weighted by molar-refractivity contribution is 0.186. The predicted molar refractivity (Wildman–Crippen MR) is 80.2 cm³/mol. The lowest BCUT2D eigenvalue weighted by Crippen LogP contribution is -2.36. The molecule has 1 aromatic heterocycles. The molecule has 20 heavy (non-hydrogen) atoms. The Labute approximate surface area is 118 Å². The summed E-state index contributed by atoms with van der Waals surface area (Å²) in [5, 5.41) is 3.14. The van der Waals surface area contributed by atoms with Gasteiger partial charge < -0.3 is 15.8 Å². The first kappa shape index (κ1) is 16.3. The van der Waals surface area contributed by atoms with Gasteiger partial charge in [0.15, 0.2) is 0 Å². The summed E-state index contributed by atoms with van der Waals surface area (Å²) in [7, 11) is 1.54. The van der Waals surface area contributed by atoms with E-state index in [0.29, 0.717) is 13.2 Å². The Morgan fingerprint density at radius 1 is 1.40 bits per heavy atom. The normalized spacial score (nSPS) is 12.3. The minimum atomic E-state index is -0.515. The Kier molecular flexibility index (Phi) is 6.30. The zero-order valence-corrected chi connectivity index (χ0v) is 12.4. The van der Waals surface area contributed by atoms with E-state index in [1.54, 1.807) is 7.11 Å². The molecule has 4 N–H and O–H groups in total. The molecule has 0 radical (unpaired) electrons. The fraction of sp³-hybridized carbons (Fsp3) is 0.692. The highest BCUT2D eigenvalue weighted by atomic mass is 16.5. The van der Waals surface area contributed by atoms with Gasteiger partial charge in [-0.3, -0.25) is 14.3 Å². The lowest BCUT2D eigenvalue weighted by Gasteiger charge is -2.19. The number of nitrogens with one attached hydrogen (secondary N) is 2. The summed E-state index contributed by atoms with van der Waals surface area (Å²) in [6, 6.07) is 0.164. The number of H-pyrrole nitrogens is 1. The van der Waals surface area contributed by atoms with Gasteiger partial charge in [-0.25, -0.2) is 4.79 Å². The van der Waals surface area contributed by atoms with E-state index < -0.39 is 11.2 Å². The van der Waals surface area contributed by atoms with Gasteiger partial charge in [0.25, 0.3) is 5.56 Å².